The first kappa shape index (κ1) is 18.3. The summed E-state index contributed by atoms with van der Waals surface area (Å²) in [6.07, 6.45) is 0.0843. The van der Waals surface area contributed by atoms with E-state index in [1.807, 2.05) is 43.3 Å². The van der Waals surface area contributed by atoms with E-state index in [9.17, 15) is 9.59 Å². The predicted molar refractivity (Wildman–Crippen MR) is 105 cm³/mol. The van der Waals surface area contributed by atoms with E-state index in [0.29, 0.717) is 49.6 Å². The number of fused-ring (bicyclic) bond motifs is 1. The van der Waals surface area contributed by atoms with E-state index in [1.165, 1.54) is 0 Å². The van der Waals surface area contributed by atoms with Crippen molar-refractivity contribution in [1.29, 1.82) is 0 Å². The van der Waals surface area contributed by atoms with Crippen molar-refractivity contribution in [2.75, 3.05) is 26.3 Å². The van der Waals surface area contributed by atoms with E-state index in [1.54, 1.807) is 17.0 Å². The van der Waals surface area contributed by atoms with Gasteiger partial charge in [-0.3, -0.25) is 0 Å². The second-order valence-corrected chi connectivity index (χ2v) is 6.78. The van der Waals surface area contributed by atoms with E-state index in [-0.39, 0.29) is 5.63 Å². The van der Waals surface area contributed by atoms with Crippen molar-refractivity contribution >= 4 is 17.1 Å². The second-order valence-electron chi connectivity index (χ2n) is 6.78. The number of morpholine rings is 1. The van der Waals surface area contributed by atoms with Gasteiger partial charge < -0.3 is 18.8 Å². The largest absolute Gasteiger partial charge is 0.422 e. The molecule has 0 saturated carbocycles. The normalized spacial score (nSPS) is 14.2. The summed E-state index contributed by atoms with van der Waals surface area (Å²) in [6.45, 7) is 3.93. The monoisotopic (exact) mass is 379 g/mol. The van der Waals surface area contributed by atoms with Crippen LogP contribution in [0.3, 0.4) is 0 Å². The molecule has 144 valence electrons. The maximum absolute atomic E-state index is 12.5. The van der Waals surface area contributed by atoms with Crippen LogP contribution in [0.5, 0.6) is 5.75 Å². The Morgan fingerprint density at radius 2 is 1.86 bits per heavy atom. The highest BCUT2D eigenvalue weighted by Crippen LogP contribution is 2.25. The summed E-state index contributed by atoms with van der Waals surface area (Å²) in [4.78, 5) is 26.4. The molecule has 1 saturated heterocycles. The van der Waals surface area contributed by atoms with Gasteiger partial charge in [-0.15, -0.1) is 0 Å². The molecule has 0 radical (unpaired) electrons. The molecule has 1 aromatic heterocycles. The molecule has 1 aliphatic rings. The molecule has 1 amide bonds. The van der Waals surface area contributed by atoms with Crippen molar-refractivity contribution in [3.8, 4) is 5.75 Å². The van der Waals surface area contributed by atoms with Crippen molar-refractivity contribution in [3.63, 3.8) is 0 Å². The molecule has 2 aromatic carbocycles. The molecule has 0 aliphatic carbocycles. The Hall–Kier alpha value is -3.12. The van der Waals surface area contributed by atoms with Crippen molar-refractivity contribution in [3.05, 3.63) is 75.6 Å². The molecule has 1 fully saturated rings. The van der Waals surface area contributed by atoms with Gasteiger partial charge in [0.2, 0.25) is 0 Å². The van der Waals surface area contributed by atoms with E-state index in [2.05, 4.69) is 0 Å². The number of benzene rings is 2. The molecule has 6 nitrogen and oxygen atoms in total. The standard InChI is InChI=1S/C22H21NO5/c1-15-18-8-7-17(27-22(25)23-9-11-26-12-10-23)14-20(18)28-21(24)19(15)13-16-5-3-2-4-6-16/h2-8,14H,9-13H2,1H3. The Morgan fingerprint density at radius 3 is 2.61 bits per heavy atom. The van der Waals surface area contributed by atoms with Crippen LogP contribution in [0.1, 0.15) is 16.7 Å². The fraction of sp³-hybridized carbons (Fsp3) is 0.273. The number of rotatable bonds is 3. The Bertz CT molecular complexity index is 1050. The minimum Gasteiger partial charge on any atom is -0.422 e. The molecule has 0 bridgehead atoms. The van der Waals surface area contributed by atoms with Crippen molar-refractivity contribution in [1.82, 2.24) is 4.90 Å². The van der Waals surface area contributed by atoms with Crippen LogP contribution >= 0.6 is 0 Å². The van der Waals surface area contributed by atoms with Gasteiger partial charge in [0.05, 0.1) is 13.2 Å². The summed E-state index contributed by atoms with van der Waals surface area (Å²) in [5.41, 5.74) is 2.60. The second kappa shape index (κ2) is 7.86. The zero-order chi connectivity index (χ0) is 19.5. The average molecular weight is 379 g/mol. The smallest absolute Gasteiger partial charge is 0.415 e. The number of nitrogens with zero attached hydrogens (tertiary/aromatic N) is 1. The number of ether oxygens (including phenoxy) is 2. The third-order valence-electron chi connectivity index (χ3n) is 4.96. The predicted octanol–water partition coefficient (Wildman–Crippen LogP) is 3.52. The Kier molecular flexibility index (Phi) is 5.12. The third kappa shape index (κ3) is 3.77. The number of hydrogen-bond acceptors (Lipinski definition) is 5. The van der Waals surface area contributed by atoms with Crippen LogP contribution in [-0.4, -0.2) is 37.3 Å². The van der Waals surface area contributed by atoms with E-state index in [4.69, 9.17) is 13.9 Å². The first-order valence-corrected chi connectivity index (χ1v) is 9.26. The van der Waals surface area contributed by atoms with Gasteiger partial charge in [-0.2, -0.15) is 0 Å². The van der Waals surface area contributed by atoms with E-state index >= 15 is 0 Å². The summed E-state index contributed by atoms with van der Waals surface area (Å²) < 4.78 is 16.2. The van der Waals surface area contributed by atoms with Gasteiger partial charge in [-0.1, -0.05) is 30.3 Å². The number of carbonyl (C=O) groups is 1. The lowest BCUT2D eigenvalue weighted by Gasteiger charge is -2.25. The SMILES string of the molecule is Cc1c(Cc2ccccc2)c(=O)oc2cc(OC(=O)N3CCOCC3)ccc12. The fourth-order valence-corrected chi connectivity index (χ4v) is 3.35. The first-order valence-electron chi connectivity index (χ1n) is 9.26. The molecule has 2 heterocycles. The van der Waals surface area contributed by atoms with Gasteiger partial charge in [-0.05, 0) is 30.2 Å². The van der Waals surface area contributed by atoms with Gasteiger partial charge in [0, 0.05) is 36.5 Å². The molecule has 0 spiro atoms. The molecule has 3 aromatic rings. The maximum atomic E-state index is 12.5. The van der Waals surface area contributed by atoms with E-state index in [0.717, 1.165) is 16.5 Å². The van der Waals surface area contributed by atoms with E-state index < -0.39 is 6.09 Å². The first-order chi connectivity index (χ1) is 13.6. The van der Waals surface area contributed by atoms with Gasteiger partial charge in [0.1, 0.15) is 11.3 Å². The minimum atomic E-state index is -0.428. The molecule has 0 atom stereocenters. The average Bonchev–Trinajstić information content (AvgIpc) is 2.72. The van der Waals surface area contributed by atoms with Gasteiger partial charge in [-0.25, -0.2) is 9.59 Å². The van der Waals surface area contributed by atoms with Crippen molar-refractivity contribution in [2.24, 2.45) is 0 Å². The fourth-order valence-electron chi connectivity index (χ4n) is 3.35. The number of carbonyl (C=O) groups excluding carboxylic acids is 1. The summed E-state index contributed by atoms with van der Waals surface area (Å²) in [5, 5.41) is 0.830. The minimum absolute atomic E-state index is 0.349. The number of aryl methyl sites for hydroxylation is 1. The van der Waals surface area contributed by atoms with Crippen LogP contribution < -0.4 is 10.4 Å². The lowest BCUT2D eigenvalue weighted by Crippen LogP contribution is -2.42. The van der Waals surface area contributed by atoms with Crippen LogP contribution in [0.4, 0.5) is 4.79 Å². The molecule has 1 aliphatic heterocycles. The Balaban J connectivity index is 1.61. The van der Waals surface area contributed by atoms with Crippen LogP contribution in [0.25, 0.3) is 11.0 Å². The van der Waals surface area contributed by atoms with Crippen molar-refractivity contribution < 1.29 is 18.7 Å². The zero-order valence-corrected chi connectivity index (χ0v) is 15.6. The molecule has 0 unspecified atom stereocenters. The Labute approximate surface area is 162 Å². The Morgan fingerprint density at radius 1 is 1.11 bits per heavy atom. The van der Waals surface area contributed by atoms with Crippen molar-refractivity contribution in [2.45, 2.75) is 13.3 Å². The van der Waals surface area contributed by atoms with Crippen LogP contribution in [-0.2, 0) is 11.2 Å². The van der Waals surface area contributed by atoms with Gasteiger partial charge in [0.15, 0.2) is 0 Å². The molecule has 0 N–H and O–H groups in total. The maximum Gasteiger partial charge on any atom is 0.415 e. The van der Waals surface area contributed by atoms with Crippen LogP contribution in [0.2, 0.25) is 0 Å². The highest BCUT2D eigenvalue weighted by molar-refractivity contribution is 5.83. The molecule has 6 heteroatoms. The van der Waals surface area contributed by atoms with Gasteiger partial charge in [0.25, 0.3) is 0 Å². The summed E-state index contributed by atoms with van der Waals surface area (Å²) in [6, 6.07) is 14.9. The highest BCUT2D eigenvalue weighted by Gasteiger charge is 2.19. The third-order valence-corrected chi connectivity index (χ3v) is 4.96. The van der Waals surface area contributed by atoms with Gasteiger partial charge >= 0.3 is 11.7 Å². The van der Waals surface area contributed by atoms with Crippen LogP contribution in [0, 0.1) is 6.92 Å². The molecular formula is C22H21NO5. The molecular weight excluding hydrogens is 358 g/mol. The summed E-state index contributed by atoms with van der Waals surface area (Å²) in [7, 11) is 0. The highest BCUT2D eigenvalue weighted by atomic mass is 16.6. The quantitative estimate of drug-likeness (QED) is 0.651. The van der Waals surface area contributed by atoms with Crippen LogP contribution in [0.15, 0.2) is 57.7 Å². The molecule has 4 rings (SSSR count). The topological polar surface area (TPSA) is 69.0 Å². The number of hydrogen-bond donors (Lipinski definition) is 0. The lowest BCUT2D eigenvalue weighted by molar-refractivity contribution is 0.0416. The zero-order valence-electron chi connectivity index (χ0n) is 15.6. The summed E-state index contributed by atoms with van der Waals surface area (Å²) >= 11 is 0. The number of amides is 1. The molecule has 28 heavy (non-hydrogen) atoms. The summed E-state index contributed by atoms with van der Waals surface area (Å²) in [5.74, 6) is 0.349. The lowest BCUT2D eigenvalue weighted by atomic mass is 10.00.